The molecule has 0 radical (unpaired) electrons. The quantitative estimate of drug-likeness (QED) is 0.186. The Balaban J connectivity index is 1.91. The summed E-state index contributed by atoms with van der Waals surface area (Å²) >= 11 is 0. The summed E-state index contributed by atoms with van der Waals surface area (Å²) in [5, 5.41) is 4.75. The highest BCUT2D eigenvalue weighted by molar-refractivity contribution is 5.95. The predicted octanol–water partition coefficient (Wildman–Crippen LogP) is 5.07. The van der Waals surface area contributed by atoms with Gasteiger partial charge in [-0.25, -0.2) is 22.9 Å². The fourth-order valence-corrected chi connectivity index (χ4v) is 4.10. The number of hydrogen-bond acceptors (Lipinski definition) is 6. The topological polar surface area (TPSA) is 85.2 Å². The van der Waals surface area contributed by atoms with E-state index in [4.69, 9.17) is 4.74 Å². The molecule has 4 rings (SSSR count). The number of anilines is 2. The van der Waals surface area contributed by atoms with E-state index in [1.807, 2.05) is 6.92 Å². The third-order valence-electron chi connectivity index (χ3n) is 5.77. The van der Waals surface area contributed by atoms with E-state index >= 15 is 13.2 Å². The molecule has 0 saturated heterocycles. The van der Waals surface area contributed by atoms with Crippen molar-refractivity contribution in [1.82, 2.24) is 9.55 Å². The number of aromatic nitrogens is 2. The summed E-state index contributed by atoms with van der Waals surface area (Å²) in [5.74, 6) is -4.59. The SMILES string of the molecule is CCOC(=O)c1cc(=O)c2c(F)c(F)c(NCCNc3ccccn3)c(F)c2n1-c1ccccc1CC. The lowest BCUT2D eigenvalue weighted by Crippen LogP contribution is -2.23. The highest BCUT2D eigenvalue weighted by Gasteiger charge is 2.28. The van der Waals surface area contributed by atoms with Gasteiger partial charge in [0, 0.05) is 31.0 Å². The summed E-state index contributed by atoms with van der Waals surface area (Å²) in [6.45, 7) is 3.65. The molecular formula is C27H25F3N4O3. The molecule has 2 heterocycles. The zero-order valence-electron chi connectivity index (χ0n) is 20.3. The van der Waals surface area contributed by atoms with Crippen LogP contribution < -0.4 is 16.1 Å². The van der Waals surface area contributed by atoms with E-state index in [-0.39, 0.29) is 25.4 Å². The van der Waals surface area contributed by atoms with Crippen molar-refractivity contribution in [2.45, 2.75) is 20.3 Å². The number of aryl methyl sites for hydroxylation is 1. The molecule has 0 spiro atoms. The number of benzene rings is 2. The van der Waals surface area contributed by atoms with Gasteiger partial charge in [0.1, 0.15) is 17.2 Å². The number of rotatable bonds is 9. The van der Waals surface area contributed by atoms with E-state index in [1.54, 1.807) is 55.6 Å². The number of para-hydroxylation sites is 1. The zero-order valence-corrected chi connectivity index (χ0v) is 20.3. The van der Waals surface area contributed by atoms with Gasteiger partial charge in [-0.2, -0.15) is 0 Å². The lowest BCUT2D eigenvalue weighted by molar-refractivity contribution is 0.0516. The van der Waals surface area contributed by atoms with E-state index in [2.05, 4.69) is 15.6 Å². The predicted molar refractivity (Wildman–Crippen MR) is 136 cm³/mol. The van der Waals surface area contributed by atoms with Gasteiger partial charge in [0.05, 0.1) is 17.5 Å². The molecule has 192 valence electrons. The number of esters is 1. The Morgan fingerprint density at radius 3 is 2.41 bits per heavy atom. The Hall–Kier alpha value is -4.34. The monoisotopic (exact) mass is 510 g/mol. The van der Waals surface area contributed by atoms with Gasteiger partial charge in [-0.3, -0.25) is 4.79 Å². The molecule has 2 aromatic carbocycles. The van der Waals surface area contributed by atoms with E-state index < -0.39 is 45.4 Å². The van der Waals surface area contributed by atoms with Gasteiger partial charge in [-0.15, -0.1) is 0 Å². The minimum Gasteiger partial charge on any atom is -0.461 e. The molecule has 0 saturated carbocycles. The van der Waals surface area contributed by atoms with Crippen LogP contribution in [0.15, 0.2) is 59.5 Å². The minimum atomic E-state index is -1.53. The van der Waals surface area contributed by atoms with Crippen molar-refractivity contribution in [3.05, 3.63) is 93.7 Å². The van der Waals surface area contributed by atoms with E-state index in [9.17, 15) is 9.59 Å². The van der Waals surface area contributed by atoms with Gasteiger partial charge in [0.15, 0.2) is 22.9 Å². The van der Waals surface area contributed by atoms with Crippen LogP contribution >= 0.6 is 0 Å². The summed E-state index contributed by atoms with van der Waals surface area (Å²) in [6.07, 6.45) is 2.07. The van der Waals surface area contributed by atoms with Crippen LogP contribution in [-0.4, -0.2) is 35.2 Å². The molecule has 0 bridgehead atoms. The van der Waals surface area contributed by atoms with Gasteiger partial charge in [-0.1, -0.05) is 31.2 Å². The Labute approximate surface area is 210 Å². The van der Waals surface area contributed by atoms with Crippen molar-refractivity contribution < 1.29 is 22.7 Å². The number of pyridine rings is 2. The lowest BCUT2D eigenvalue weighted by atomic mass is 10.1. The third kappa shape index (κ3) is 5.00. The van der Waals surface area contributed by atoms with Crippen molar-refractivity contribution in [2.75, 3.05) is 30.3 Å². The fraction of sp³-hybridized carbons (Fsp3) is 0.222. The normalized spacial score (nSPS) is 10.9. The molecule has 0 atom stereocenters. The Morgan fingerprint density at radius 2 is 1.70 bits per heavy atom. The van der Waals surface area contributed by atoms with Crippen LogP contribution in [0.25, 0.3) is 16.6 Å². The first-order valence-corrected chi connectivity index (χ1v) is 11.8. The zero-order chi connectivity index (χ0) is 26.5. The standard InChI is InChI=1S/C27H25F3N4O3/c1-3-16-9-5-6-10-17(16)34-18(27(36)37-4-2)15-19(35)21-22(28)23(29)25(24(30)26(21)34)33-14-13-32-20-11-7-8-12-31-20/h5-12,15,33H,3-4,13-14H2,1-2H3,(H,31,32). The molecule has 2 aromatic heterocycles. The first kappa shape index (κ1) is 25.7. The van der Waals surface area contributed by atoms with Crippen LogP contribution in [0.3, 0.4) is 0 Å². The number of carbonyl (C=O) groups is 1. The molecule has 0 fully saturated rings. The average molecular weight is 511 g/mol. The van der Waals surface area contributed by atoms with Crippen molar-refractivity contribution >= 4 is 28.4 Å². The van der Waals surface area contributed by atoms with Crippen LogP contribution in [-0.2, 0) is 11.2 Å². The van der Waals surface area contributed by atoms with Crippen LogP contribution in [0.5, 0.6) is 0 Å². The second-order valence-corrected chi connectivity index (χ2v) is 8.04. The highest BCUT2D eigenvalue weighted by atomic mass is 19.2. The largest absolute Gasteiger partial charge is 0.461 e. The van der Waals surface area contributed by atoms with Gasteiger partial charge >= 0.3 is 5.97 Å². The Kier molecular flexibility index (Phi) is 7.76. The Morgan fingerprint density at radius 1 is 0.973 bits per heavy atom. The first-order valence-electron chi connectivity index (χ1n) is 11.8. The second kappa shape index (κ2) is 11.2. The lowest BCUT2D eigenvalue weighted by Gasteiger charge is -2.21. The highest BCUT2D eigenvalue weighted by Crippen LogP contribution is 2.33. The van der Waals surface area contributed by atoms with E-state index in [0.29, 0.717) is 23.5 Å². The van der Waals surface area contributed by atoms with E-state index in [0.717, 1.165) is 10.6 Å². The van der Waals surface area contributed by atoms with Crippen LogP contribution in [0.2, 0.25) is 0 Å². The van der Waals surface area contributed by atoms with Crippen LogP contribution in [0.4, 0.5) is 24.7 Å². The summed E-state index contributed by atoms with van der Waals surface area (Å²) < 4.78 is 52.6. The molecule has 0 amide bonds. The summed E-state index contributed by atoms with van der Waals surface area (Å²) in [4.78, 5) is 29.8. The molecule has 0 aliphatic carbocycles. The number of nitrogens with zero attached hydrogens (tertiary/aromatic N) is 2. The number of ether oxygens (including phenoxy) is 1. The number of carbonyl (C=O) groups excluding carboxylic acids is 1. The smallest absolute Gasteiger partial charge is 0.355 e. The van der Waals surface area contributed by atoms with Gasteiger partial charge in [0.25, 0.3) is 0 Å². The number of nitrogens with one attached hydrogen (secondary N) is 2. The van der Waals surface area contributed by atoms with Crippen LogP contribution in [0, 0.1) is 17.5 Å². The minimum absolute atomic E-state index is 0.00269. The average Bonchev–Trinajstić information content (AvgIpc) is 2.91. The summed E-state index contributed by atoms with van der Waals surface area (Å²) in [6, 6.07) is 12.9. The van der Waals surface area contributed by atoms with Gasteiger partial charge in [-0.05, 0) is 37.1 Å². The van der Waals surface area contributed by atoms with Crippen molar-refractivity contribution in [1.29, 1.82) is 0 Å². The fourth-order valence-electron chi connectivity index (χ4n) is 4.10. The maximum Gasteiger partial charge on any atom is 0.355 e. The first-order chi connectivity index (χ1) is 17.9. The van der Waals surface area contributed by atoms with Crippen LogP contribution in [0.1, 0.15) is 29.9 Å². The number of halogens is 3. The molecule has 2 N–H and O–H groups in total. The maximum atomic E-state index is 16.0. The number of fused-ring (bicyclic) bond motifs is 1. The van der Waals surface area contributed by atoms with Gasteiger partial charge in [0.2, 0.25) is 0 Å². The van der Waals surface area contributed by atoms with Crippen molar-refractivity contribution in [3.8, 4) is 5.69 Å². The summed E-state index contributed by atoms with van der Waals surface area (Å²) in [5.41, 5.74) is -1.62. The second-order valence-electron chi connectivity index (χ2n) is 8.04. The molecule has 37 heavy (non-hydrogen) atoms. The molecule has 7 nitrogen and oxygen atoms in total. The molecule has 0 aliphatic heterocycles. The van der Waals surface area contributed by atoms with E-state index in [1.165, 1.54) is 0 Å². The molecule has 0 aliphatic rings. The summed E-state index contributed by atoms with van der Waals surface area (Å²) in [7, 11) is 0. The van der Waals surface area contributed by atoms with Crippen molar-refractivity contribution in [2.24, 2.45) is 0 Å². The van der Waals surface area contributed by atoms with Crippen molar-refractivity contribution in [3.63, 3.8) is 0 Å². The molecule has 4 aromatic rings. The molecule has 0 unspecified atom stereocenters. The van der Waals surface area contributed by atoms with Gasteiger partial charge < -0.3 is 19.9 Å². The Bertz CT molecular complexity index is 1510. The molecular weight excluding hydrogens is 485 g/mol. The maximum absolute atomic E-state index is 16.0. The molecule has 10 heteroatoms. The number of hydrogen-bond donors (Lipinski definition) is 2. The third-order valence-corrected chi connectivity index (χ3v) is 5.77.